The first-order valence-corrected chi connectivity index (χ1v) is 15.2. The maximum absolute atomic E-state index is 13.8. The number of rotatable bonds is 10. The third kappa shape index (κ3) is 8.09. The Hall–Kier alpha value is -2.29. The maximum Gasteiger partial charge on any atom is 0.244 e. The van der Waals surface area contributed by atoms with Gasteiger partial charge < -0.3 is 10.2 Å². The lowest BCUT2D eigenvalue weighted by molar-refractivity contribution is -0.140. The summed E-state index contributed by atoms with van der Waals surface area (Å²) in [7, 11) is -3.85. The van der Waals surface area contributed by atoms with E-state index in [1.54, 1.807) is 0 Å². The Kier molecular flexibility index (Phi) is 10.3. The second-order valence-corrected chi connectivity index (χ2v) is 12.4. The molecular formula is C27H35Cl2N3O4S. The molecule has 0 spiro atoms. The van der Waals surface area contributed by atoms with Crippen molar-refractivity contribution in [1.29, 1.82) is 0 Å². The number of hydrogen-bond acceptors (Lipinski definition) is 4. The molecule has 0 heterocycles. The Balaban J connectivity index is 1.93. The van der Waals surface area contributed by atoms with Gasteiger partial charge in [0.2, 0.25) is 21.8 Å². The zero-order valence-corrected chi connectivity index (χ0v) is 23.9. The third-order valence-electron chi connectivity index (χ3n) is 6.64. The van der Waals surface area contributed by atoms with E-state index in [2.05, 4.69) is 5.32 Å². The normalized spacial score (nSPS) is 15.2. The number of nitrogens with zero attached hydrogens (tertiary/aromatic N) is 2. The number of halogens is 2. The minimum absolute atomic E-state index is 0.0925. The summed E-state index contributed by atoms with van der Waals surface area (Å²) in [6.07, 6.45) is 6.57. The van der Waals surface area contributed by atoms with Crippen LogP contribution in [0.25, 0.3) is 0 Å². The fourth-order valence-corrected chi connectivity index (χ4v) is 5.86. The molecule has 2 aromatic rings. The molecule has 0 aliphatic heterocycles. The van der Waals surface area contributed by atoms with Gasteiger partial charge in [-0.05, 0) is 49.9 Å². The predicted molar refractivity (Wildman–Crippen MR) is 149 cm³/mol. The Bertz CT molecular complexity index is 1220. The zero-order chi connectivity index (χ0) is 27.2. The van der Waals surface area contributed by atoms with Gasteiger partial charge in [-0.15, -0.1) is 0 Å². The predicted octanol–water partition coefficient (Wildman–Crippen LogP) is 5.32. The molecule has 1 unspecified atom stereocenters. The second-order valence-electron chi connectivity index (χ2n) is 9.65. The average molecular weight is 569 g/mol. The maximum atomic E-state index is 13.8. The van der Waals surface area contributed by atoms with Gasteiger partial charge in [0.1, 0.15) is 12.6 Å². The number of amides is 2. The number of aryl methyl sites for hydroxylation is 1. The van der Waals surface area contributed by atoms with Crippen LogP contribution in [-0.4, -0.2) is 50.0 Å². The molecule has 2 aromatic carbocycles. The molecule has 1 N–H and O–H groups in total. The molecule has 2 amide bonds. The molecule has 1 fully saturated rings. The number of benzene rings is 2. The topological polar surface area (TPSA) is 86.8 Å². The van der Waals surface area contributed by atoms with E-state index in [0.717, 1.165) is 53.8 Å². The molecule has 37 heavy (non-hydrogen) atoms. The highest BCUT2D eigenvalue weighted by molar-refractivity contribution is 7.92. The van der Waals surface area contributed by atoms with Gasteiger partial charge in [-0.3, -0.25) is 13.9 Å². The number of anilines is 1. The highest BCUT2D eigenvalue weighted by Gasteiger charge is 2.33. The first-order valence-electron chi connectivity index (χ1n) is 12.6. The number of sulfonamides is 1. The van der Waals surface area contributed by atoms with Crippen LogP contribution in [0.1, 0.15) is 56.6 Å². The van der Waals surface area contributed by atoms with Crippen molar-refractivity contribution < 1.29 is 18.0 Å². The number of carbonyl (C=O) groups is 2. The molecule has 1 saturated carbocycles. The Morgan fingerprint density at radius 1 is 1.05 bits per heavy atom. The number of carbonyl (C=O) groups excluding carboxylic acids is 2. The molecule has 0 bridgehead atoms. The van der Waals surface area contributed by atoms with Gasteiger partial charge in [-0.2, -0.15) is 0 Å². The molecule has 1 atom stereocenters. The molecule has 7 nitrogen and oxygen atoms in total. The molecule has 1 aliphatic rings. The standard InChI is InChI=1S/C27H35Cl2N3O4S/c1-4-25(27(34)30-21-11-6-5-7-12-21)31(17-20-10-8-9-19(2)15-20)26(33)18-32(37(3,35)36)22-13-14-23(28)24(29)16-22/h8-10,13-16,21,25H,4-7,11-12,17-18H2,1-3H3,(H,30,34). The van der Waals surface area contributed by atoms with Gasteiger partial charge in [0.25, 0.3) is 0 Å². The van der Waals surface area contributed by atoms with E-state index in [-0.39, 0.29) is 34.2 Å². The van der Waals surface area contributed by atoms with Crippen LogP contribution >= 0.6 is 23.2 Å². The fourth-order valence-electron chi connectivity index (χ4n) is 4.72. The van der Waals surface area contributed by atoms with Crippen molar-refractivity contribution in [3.05, 3.63) is 63.6 Å². The van der Waals surface area contributed by atoms with E-state index < -0.39 is 28.5 Å². The summed E-state index contributed by atoms with van der Waals surface area (Å²) in [4.78, 5) is 28.7. The van der Waals surface area contributed by atoms with Gasteiger partial charge in [0, 0.05) is 12.6 Å². The molecule has 10 heteroatoms. The van der Waals surface area contributed by atoms with E-state index in [1.807, 2.05) is 38.1 Å². The highest BCUT2D eigenvalue weighted by Crippen LogP contribution is 2.29. The van der Waals surface area contributed by atoms with Gasteiger partial charge in [-0.25, -0.2) is 8.42 Å². The average Bonchev–Trinajstić information content (AvgIpc) is 2.84. The zero-order valence-electron chi connectivity index (χ0n) is 21.5. The van der Waals surface area contributed by atoms with E-state index in [0.29, 0.717) is 6.42 Å². The summed E-state index contributed by atoms with van der Waals surface area (Å²) in [5.74, 6) is -0.695. The smallest absolute Gasteiger partial charge is 0.244 e. The quantitative estimate of drug-likeness (QED) is 0.420. The molecule has 202 valence electrons. The summed E-state index contributed by atoms with van der Waals surface area (Å²) < 4.78 is 26.4. The number of nitrogens with one attached hydrogen (secondary N) is 1. The summed E-state index contributed by atoms with van der Waals surface area (Å²) in [5.41, 5.74) is 2.11. The van der Waals surface area contributed by atoms with Crippen molar-refractivity contribution >= 4 is 50.7 Å². The van der Waals surface area contributed by atoms with Crippen LogP contribution in [0.3, 0.4) is 0 Å². The highest BCUT2D eigenvalue weighted by atomic mass is 35.5. The lowest BCUT2D eigenvalue weighted by Gasteiger charge is -2.34. The van der Waals surface area contributed by atoms with Crippen LogP contribution < -0.4 is 9.62 Å². The van der Waals surface area contributed by atoms with Crippen LogP contribution in [0, 0.1) is 6.92 Å². The van der Waals surface area contributed by atoms with Crippen molar-refractivity contribution in [2.75, 3.05) is 17.1 Å². The summed E-state index contributed by atoms with van der Waals surface area (Å²) >= 11 is 12.1. The van der Waals surface area contributed by atoms with Crippen molar-refractivity contribution in [2.24, 2.45) is 0 Å². The first-order chi connectivity index (χ1) is 17.5. The summed E-state index contributed by atoms with van der Waals surface area (Å²) in [5, 5.41) is 3.59. The Morgan fingerprint density at radius 3 is 2.35 bits per heavy atom. The van der Waals surface area contributed by atoms with Crippen molar-refractivity contribution in [3.8, 4) is 0 Å². The van der Waals surface area contributed by atoms with Crippen molar-refractivity contribution in [3.63, 3.8) is 0 Å². The lowest BCUT2D eigenvalue weighted by Crippen LogP contribution is -2.53. The van der Waals surface area contributed by atoms with Gasteiger partial charge in [0.05, 0.1) is 22.0 Å². The van der Waals surface area contributed by atoms with Gasteiger partial charge >= 0.3 is 0 Å². The van der Waals surface area contributed by atoms with Crippen molar-refractivity contribution in [1.82, 2.24) is 10.2 Å². The SMILES string of the molecule is CCC(C(=O)NC1CCCCC1)N(Cc1cccc(C)c1)C(=O)CN(c1ccc(Cl)c(Cl)c1)S(C)(=O)=O. The van der Waals surface area contributed by atoms with E-state index in [4.69, 9.17) is 23.2 Å². The van der Waals surface area contributed by atoms with Crippen LogP contribution in [0.5, 0.6) is 0 Å². The van der Waals surface area contributed by atoms with Crippen molar-refractivity contribution in [2.45, 2.75) is 71.0 Å². The minimum Gasteiger partial charge on any atom is -0.352 e. The second kappa shape index (κ2) is 13.0. The van der Waals surface area contributed by atoms with Crippen LogP contribution in [0.4, 0.5) is 5.69 Å². The lowest BCUT2D eigenvalue weighted by atomic mass is 9.95. The van der Waals surface area contributed by atoms with Gasteiger partial charge in [-0.1, -0.05) is 79.2 Å². The van der Waals surface area contributed by atoms with Crippen LogP contribution in [-0.2, 0) is 26.2 Å². The molecule has 0 radical (unpaired) electrons. The van der Waals surface area contributed by atoms with E-state index >= 15 is 0 Å². The van der Waals surface area contributed by atoms with E-state index in [9.17, 15) is 18.0 Å². The minimum atomic E-state index is -3.85. The van der Waals surface area contributed by atoms with Crippen LogP contribution in [0.2, 0.25) is 10.0 Å². The monoisotopic (exact) mass is 567 g/mol. The molecule has 0 aromatic heterocycles. The largest absolute Gasteiger partial charge is 0.352 e. The van der Waals surface area contributed by atoms with Gasteiger partial charge in [0.15, 0.2) is 0 Å². The van der Waals surface area contributed by atoms with Crippen LogP contribution in [0.15, 0.2) is 42.5 Å². The third-order valence-corrected chi connectivity index (χ3v) is 8.52. The van der Waals surface area contributed by atoms with E-state index in [1.165, 1.54) is 23.1 Å². The Labute approximate surface area is 230 Å². The Morgan fingerprint density at radius 2 is 1.76 bits per heavy atom. The summed E-state index contributed by atoms with van der Waals surface area (Å²) in [6.45, 7) is 3.51. The molecule has 3 rings (SSSR count). The first kappa shape index (κ1) is 29.3. The molecular weight excluding hydrogens is 533 g/mol. The number of hydrogen-bond donors (Lipinski definition) is 1. The summed E-state index contributed by atoms with van der Waals surface area (Å²) in [6, 6.07) is 11.5. The molecule has 0 saturated heterocycles. The molecule has 1 aliphatic carbocycles. The fraction of sp³-hybridized carbons (Fsp3) is 0.481.